The van der Waals surface area contributed by atoms with Crippen molar-refractivity contribution in [2.75, 3.05) is 13.6 Å². The number of benzene rings is 1. The molecule has 22 heavy (non-hydrogen) atoms. The third-order valence-electron chi connectivity index (χ3n) is 3.99. The normalized spacial score (nSPS) is 18.9. The van der Waals surface area contributed by atoms with Crippen molar-refractivity contribution in [1.29, 1.82) is 0 Å². The highest BCUT2D eigenvalue weighted by molar-refractivity contribution is 7.80. The number of aromatic amines is 1. The van der Waals surface area contributed by atoms with Crippen molar-refractivity contribution in [3.05, 3.63) is 42.4 Å². The first-order chi connectivity index (χ1) is 10.6. The molecule has 2 aromatic rings. The third kappa shape index (κ3) is 2.50. The van der Waals surface area contributed by atoms with Crippen molar-refractivity contribution in [1.82, 2.24) is 19.8 Å². The number of nitrogens with zero attached hydrogens (tertiary/aromatic N) is 3. The van der Waals surface area contributed by atoms with Crippen molar-refractivity contribution in [3.8, 4) is 11.3 Å². The molecule has 1 aromatic carbocycles. The molecule has 2 heterocycles. The molecule has 5 nitrogen and oxygen atoms in total. The van der Waals surface area contributed by atoms with Gasteiger partial charge in [-0.3, -0.25) is 9.69 Å². The van der Waals surface area contributed by atoms with E-state index in [1.165, 1.54) is 4.90 Å². The lowest BCUT2D eigenvalue weighted by Gasteiger charge is -2.39. The lowest BCUT2D eigenvalue weighted by Crippen LogP contribution is -2.51. The summed E-state index contributed by atoms with van der Waals surface area (Å²) >= 11 is 5.39. The van der Waals surface area contributed by atoms with Crippen molar-refractivity contribution in [2.45, 2.75) is 19.4 Å². The summed E-state index contributed by atoms with van der Waals surface area (Å²) in [5.41, 5.74) is 2.02. The van der Waals surface area contributed by atoms with Gasteiger partial charge >= 0.3 is 0 Å². The second kappa shape index (κ2) is 5.88. The van der Waals surface area contributed by atoms with E-state index in [4.69, 9.17) is 12.2 Å². The number of imidazole rings is 1. The molecule has 1 fully saturated rings. The van der Waals surface area contributed by atoms with Gasteiger partial charge in [0.05, 0.1) is 24.4 Å². The number of thiocarbonyl (C=S) groups is 1. The van der Waals surface area contributed by atoms with E-state index in [-0.39, 0.29) is 11.9 Å². The average Bonchev–Trinajstić information content (AvgIpc) is 3.03. The van der Waals surface area contributed by atoms with Gasteiger partial charge in [-0.05, 0) is 24.7 Å². The van der Waals surface area contributed by atoms with Crippen LogP contribution in [0.5, 0.6) is 0 Å². The van der Waals surface area contributed by atoms with E-state index in [0.29, 0.717) is 11.5 Å². The van der Waals surface area contributed by atoms with Crippen LogP contribution >= 0.6 is 12.2 Å². The minimum Gasteiger partial charge on any atom is -0.340 e. The van der Waals surface area contributed by atoms with Gasteiger partial charge < -0.3 is 9.88 Å². The van der Waals surface area contributed by atoms with E-state index in [1.807, 2.05) is 48.4 Å². The fraction of sp³-hybridized carbons (Fsp3) is 0.312. The lowest BCUT2D eigenvalue weighted by molar-refractivity contribution is -0.129. The number of nitrogens with one attached hydrogen (secondary N) is 1. The number of hydrogen-bond donors (Lipinski definition) is 1. The maximum absolute atomic E-state index is 12.1. The minimum absolute atomic E-state index is 0.0253. The number of carbonyl (C=O) groups is 1. The van der Waals surface area contributed by atoms with Crippen molar-refractivity contribution in [3.63, 3.8) is 0 Å². The quantitative estimate of drug-likeness (QED) is 0.885. The summed E-state index contributed by atoms with van der Waals surface area (Å²) in [5, 5.41) is 0.557. The van der Waals surface area contributed by atoms with Gasteiger partial charge in [-0.25, -0.2) is 4.98 Å². The standard InChI is InChI=1S/C16H18N4OS/c1-3-20-13(9-14(21)19(2)16(20)22)15-17-10-12(18-15)11-7-5-4-6-8-11/h4-8,10,13H,3,9H2,1-2H3,(H,17,18). The fourth-order valence-electron chi connectivity index (χ4n) is 2.72. The van der Waals surface area contributed by atoms with Gasteiger partial charge in [0.25, 0.3) is 0 Å². The van der Waals surface area contributed by atoms with Gasteiger partial charge in [-0.1, -0.05) is 30.3 Å². The molecule has 1 atom stereocenters. The summed E-state index contributed by atoms with van der Waals surface area (Å²) in [6.45, 7) is 2.77. The highest BCUT2D eigenvalue weighted by Gasteiger charge is 2.35. The summed E-state index contributed by atoms with van der Waals surface area (Å²) in [6.07, 6.45) is 2.19. The van der Waals surface area contributed by atoms with Crippen molar-refractivity contribution >= 4 is 23.2 Å². The van der Waals surface area contributed by atoms with Crippen LogP contribution in [0.3, 0.4) is 0 Å². The Morgan fingerprint density at radius 2 is 2.09 bits per heavy atom. The number of hydrogen-bond acceptors (Lipinski definition) is 3. The predicted octanol–water partition coefficient (Wildman–Crippen LogP) is 2.59. The molecule has 1 unspecified atom stereocenters. The summed E-state index contributed by atoms with van der Waals surface area (Å²) in [4.78, 5) is 23.5. The minimum atomic E-state index is -0.126. The zero-order chi connectivity index (χ0) is 15.7. The number of rotatable bonds is 3. The molecule has 1 amide bonds. The van der Waals surface area contributed by atoms with E-state index in [1.54, 1.807) is 7.05 Å². The Hall–Kier alpha value is -2.21. The molecule has 1 aliphatic rings. The maximum Gasteiger partial charge on any atom is 0.231 e. The fourth-order valence-corrected chi connectivity index (χ4v) is 3.07. The zero-order valence-corrected chi connectivity index (χ0v) is 13.4. The number of carbonyl (C=O) groups excluding carboxylic acids is 1. The van der Waals surface area contributed by atoms with Crippen LogP contribution in [-0.4, -0.2) is 44.4 Å². The first-order valence-corrected chi connectivity index (χ1v) is 7.70. The van der Waals surface area contributed by atoms with Gasteiger partial charge in [-0.2, -0.15) is 0 Å². The van der Waals surface area contributed by atoms with Gasteiger partial charge in [0, 0.05) is 13.6 Å². The van der Waals surface area contributed by atoms with Crippen LogP contribution in [0.2, 0.25) is 0 Å². The summed E-state index contributed by atoms with van der Waals surface area (Å²) in [5.74, 6) is 0.807. The largest absolute Gasteiger partial charge is 0.340 e. The Balaban J connectivity index is 1.92. The Morgan fingerprint density at radius 3 is 2.77 bits per heavy atom. The second-order valence-corrected chi connectivity index (χ2v) is 5.65. The molecule has 1 saturated heterocycles. The van der Waals surface area contributed by atoms with Gasteiger partial charge in [-0.15, -0.1) is 0 Å². The molecule has 0 saturated carbocycles. The Labute approximate surface area is 135 Å². The van der Waals surface area contributed by atoms with E-state index >= 15 is 0 Å². The SMILES string of the molecule is CCN1C(=S)N(C)C(=O)CC1c1ncc(-c2ccccc2)[nH]1. The van der Waals surface area contributed by atoms with Crippen LogP contribution in [-0.2, 0) is 4.79 Å². The molecule has 1 aliphatic heterocycles. The van der Waals surface area contributed by atoms with Crippen LogP contribution in [0, 0.1) is 0 Å². The predicted molar refractivity (Wildman–Crippen MR) is 89.1 cm³/mol. The molecular weight excluding hydrogens is 296 g/mol. The molecule has 0 bridgehead atoms. The first-order valence-electron chi connectivity index (χ1n) is 7.29. The number of aromatic nitrogens is 2. The van der Waals surface area contributed by atoms with Crippen LogP contribution in [0.1, 0.15) is 25.2 Å². The second-order valence-electron chi connectivity index (χ2n) is 5.29. The third-order valence-corrected chi connectivity index (χ3v) is 4.50. The van der Waals surface area contributed by atoms with Crippen molar-refractivity contribution in [2.24, 2.45) is 0 Å². The molecular formula is C16H18N4OS. The highest BCUT2D eigenvalue weighted by Crippen LogP contribution is 2.29. The van der Waals surface area contributed by atoms with E-state index in [2.05, 4.69) is 9.97 Å². The van der Waals surface area contributed by atoms with Crippen LogP contribution < -0.4 is 0 Å². The smallest absolute Gasteiger partial charge is 0.231 e. The first kappa shape index (κ1) is 14.7. The molecule has 0 radical (unpaired) electrons. The van der Waals surface area contributed by atoms with E-state index < -0.39 is 0 Å². The molecule has 6 heteroatoms. The van der Waals surface area contributed by atoms with Crippen LogP contribution in [0.4, 0.5) is 0 Å². The summed E-state index contributed by atoms with van der Waals surface area (Å²) < 4.78 is 0. The Kier molecular flexibility index (Phi) is 3.94. The molecule has 0 spiro atoms. The Morgan fingerprint density at radius 1 is 1.36 bits per heavy atom. The summed E-state index contributed by atoms with van der Waals surface area (Å²) in [7, 11) is 1.72. The summed E-state index contributed by atoms with van der Waals surface area (Å²) in [6, 6.07) is 9.88. The van der Waals surface area contributed by atoms with Crippen LogP contribution in [0.25, 0.3) is 11.3 Å². The van der Waals surface area contributed by atoms with E-state index in [0.717, 1.165) is 23.6 Å². The maximum atomic E-state index is 12.1. The number of H-pyrrole nitrogens is 1. The molecule has 3 rings (SSSR count). The van der Waals surface area contributed by atoms with Crippen molar-refractivity contribution < 1.29 is 4.79 Å². The van der Waals surface area contributed by atoms with Gasteiger partial charge in [0.1, 0.15) is 5.82 Å². The monoisotopic (exact) mass is 314 g/mol. The Bertz CT molecular complexity index is 697. The van der Waals surface area contributed by atoms with Gasteiger partial charge in [0.2, 0.25) is 5.91 Å². The lowest BCUT2D eigenvalue weighted by atomic mass is 10.1. The topological polar surface area (TPSA) is 52.2 Å². The number of amides is 1. The molecule has 0 aliphatic carbocycles. The van der Waals surface area contributed by atoms with E-state index in [9.17, 15) is 4.79 Å². The molecule has 1 aromatic heterocycles. The zero-order valence-electron chi connectivity index (χ0n) is 12.6. The molecule has 1 N–H and O–H groups in total. The highest BCUT2D eigenvalue weighted by atomic mass is 32.1. The van der Waals surface area contributed by atoms with Crippen LogP contribution in [0.15, 0.2) is 36.5 Å². The molecule has 114 valence electrons. The van der Waals surface area contributed by atoms with Gasteiger partial charge in [0.15, 0.2) is 5.11 Å². The average molecular weight is 314 g/mol.